The number of aryl methyl sites for hydroxylation is 1. The summed E-state index contributed by atoms with van der Waals surface area (Å²) in [5.41, 5.74) is 19.7. The minimum Gasteiger partial charge on any atom is -0.382 e. The maximum atomic E-state index is 6.47. The van der Waals surface area contributed by atoms with Crippen molar-refractivity contribution >= 4 is 22.8 Å². The Balaban J connectivity index is 1.62. The van der Waals surface area contributed by atoms with Gasteiger partial charge in [-0.2, -0.15) is 0 Å². The lowest BCUT2D eigenvalue weighted by atomic mass is 9.81. The fourth-order valence-electron chi connectivity index (χ4n) is 4.95. The van der Waals surface area contributed by atoms with Gasteiger partial charge in [-0.3, -0.25) is 0 Å². The molecule has 2 aliphatic carbocycles. The highest BCUT2D eigenvalue weighted by molar-refractivity contribution is 5.82. The molecule has 1 fully saturated rings. The van der Waals surface area contributed by atoms with Crippen molar-refractivity contribution in [2.45, 2.75) is 63.3 Å². The third-order valence-corrected chi connectivity index (χ3v) is 6.44. The monoisotopic (exact) mass is 376 g/mol. The normalized spacial score (nSPS) is 22.2. The summed E-state index contributed by atoms with van der Waals surface area (Å²) in [5.74, 6) is 0.967. The molecule has 0 bridgehead atoms. The zero-order chi connectivity index (χ0) is 19.1. The summed E-state index contributed by atoms with van der Waals surface area (Å²) in [6, 6.07) is 6.90. The molecule has 6 heteroatoms. The summed E-state index contributed by atoms with van der Waals surface area (Å²) in [4.78, 5) is 4.60. The van der Waals surface area contributed by atoms with Gasteiger partial charge in [-0.25, -0.2) is 9.50 Å². The van der Waals surface area contributed by atoms with Gasteiger partial charge < -0.3 is 16.8 Å². The van der Waals surface area contributed by atoms with Crippen LogP contribution in [0.4, 0.5) is 17.2 Å². The molecule has 2 aromatic heterocycles. The average Bonchev–Trinajstić information content (AvgIpc) is 3.18. The summed E-state index contributed by atoms with van der Waals surface area (Å²) in [6.07, 6.45) is 12.6. The van der Waals surface area contributed by atoms with Gasteiger partial charge in [0.25, 0.3) is 0 Å². The number of nitrogen functional groups attached to an aromatic ring is 1. The molecule has 0 unspecified atom stereocenters. The largest absolute Gasteiger partial charge is 0.382 e. The topological polar surface area (TPSA) is 94.3 Å². The zero-order valence-corrected chi connectivity index (χ0v) is 16.2. The molecule has 0 radical (unpaired) electrons. The van der Waals surface area contributed by atoms with E-state index in [1.54, 1.807) is 10.7 Å². The second-order valence-electron chi connectivity index (χ2n) is 8.26. The highest BCUT2D eigenvalue weighted by Crippen LogP contribution is 2.42. The predicted octanol–water partition coefficient (Wildman–Crippen LogP) is 3.92. The molecule has 0 spiro atoms. The van der Waals surface area contributed by atoms with Gasteiger partial charge in [0, 0.05) is 29.7 Å². The van der Waals surface area contributed by atoms with Crippen molar-refractivity contribution < 1.29 is 0 Å². The second kappa shape index (κ2) is 7.09. The maximum absolute atomic E-state index is 6.47. The lowest BCUT2D eigenvalue weighted by Crippen LogP contribution is -2.26. The van der Waals surface area contributed by atoms with Crippen LogP contribution in [-0.2, 0) is 12.8 Å². The Bertz CT molecular complexity index is 1000. The Morgan fingerprint density at radius 1 is 1.07 bits per heavy atom. The third kappa shape index (κ3) is 3.02. The lowest BCUT2D eigenvalue weighted by molar-refractivity contribution is 0.396. The van der Waals surface area contributed by atoms with Gasteiger partial charge in [-0.05, 0) is 74.5 Å². The standard InChI is InChI=1S/C22H28N6/c23-16-10-8-15(9-11-16)19-20(22-25-12-13-28(22)27-21(19)24)26-18-7-3-5-14-4-1-2-6-17(14)18/h3,5,7,12-13,15-16,26H,1-2,4,6,8-11,23H2,(H2,24,27)/t15-,16-. The van der Waals surface area contributed by atoms with Crippen LogP contribution in [0.5, 0.6) is 0 Å². The van der Waals surface area contributed by atoms with Crippen molar-refractivity contribution in [3.8, 4) is 0 Å². The highest BCUT2D eigenvalue weighted by Gasteiger charge is 2.27. The first-order chi connectivity index (χ1) is 13.7. The molecule has 2 aliphatic rings. The number of hydrogen-bond donors (Lipinski definition) is 3. The molecule has 146 valence electrons. The van der Waals surface area contributed by atoms with E-state index >= 15 is 0 Å². The van der Waals surface area contributed by atoms with Crippen LogP contribution in [0.25, 0.3) is 5.65 Å². The van der Waals surface area contributed by atoms with E-state index in [0.717, 1.165) is 55.4 Å². The van der Waals surface area contributed by atoms with Crippen LogP contribution >= 0.6 is 0 Å². The van der Waals surface area contributed by atoms with Crippen molar-refractivity contribution in [3.05, 3.63) is 47.3 Å². The van der Waals surface area contributed by atoms with Crippen molar-refractivity contribution in [2.24, 2.45) is 5.73 Å². The van der Waals surface area contributed by atoms with E-state index in [4.69, 9.17) is 11.5 Å². The molecule has 5 rings (SSSR count). The Kier molecular flexibility index (Phi) is 4.43. The van der Waals surface area contributed by atoms with Crippen molar-refractivity contribution in [3.63, 3.8) is 0 Å². The Morgan fingerprint density at radius 2 is 1.89 bits per heavy atom. The third-order valence-electron chi connectivity index (χ3n) is 6.44. The Labute approximate surface area is 165 Å². The first-order valence-corrected chi connectivity index (χ1v) is 10.5. The van der Waals surface area contributed by atoms with Crippen molar-refractivity contribution in [1.29, 1.82) is 0 Å². The number of hydrogen-bond acceptors (Lipinski definition) is 5. The van der Waals surface area contributed by atoms with E-state index in [1.807, 2.05) is 6.20 Å². The summed E-state index contributed by atoms with van der Waals surface area (Å²) in [7, 11) is 0. The number of rotatable bonds is 3. The summed E-state index contributed by atoms with van der Waals surface area (Å²) < 4.78 is 1.78. The molecule has 3 aromatic rings. The number of anilines is 3. The SMILES string of the molecule is Nc1nn2ccnc2c(Nc2cccc3c2CCCC3)c1[C@H]1CC[C@H](N)CC1. The fourth-order valence-corrected chi connectivity index (χ4v) is 4.95. The maximum Gasteiger partial charge on any atom is 0.177 e. The quantitative estimate of drug-likeness (QED) is 0.644. The van der Waals surface area contributed by atoms with Crippen LogP contribution in [-0.4, -0.2) is 20.6 Å². The lowest BCUT2D eigenvalue weighted by Gasteiger charge is -2.29. The van der Waals surface area contributed by atoms with Crippen LogP contribution in [0, 0.1) is 0 Å². The molecule has 0 amide bonds. The van der Waals surface area contributed by atoms with Crippen LogP contribution < -0.4 is 16.8 Å². The number of fused-ring (bicyclic) bond motifs is 2. The van der Waals surface area contributed by atoms with Gasteiger partial charge in [-0.1, -0.05) is 12.1 Å². The number of imidazole rings is 1. The minimum absolute atomic E-state index is 0.304. The molecule has 5 N–H and O–H groups in total. The van der Waals surface area contributed by atoms with E-state index in [-0.39, 0.29) is 0 Å². The van der Waals surface area contributed by atoms with E-state index in [1.165, 1.54) is 29.7 Å². The predicted molar refractivity (Wildman–Crippen MR) is 113 cm³/mol. The van der Waals surface area contributed by atoms with Gasteiger partial charge in [0.15, 0.2) is 5.65 Å². The van der Waals surface area contributed by atoms with E-state index in [2.05, 4.69) is 33.6 Å². The molecular weight excluding hydrogens is 348 g/mol. The number of nitrogens with one attached hydrogen (secondary N) is 1. The van der Waals surface area contributed by atoms with Crippen LogP contribution in [0.2, 0.25) is 0 Å². The summed E-state index contributed by atoms with van der Waals surface area (Å²) in [5, 5.41) is 8.32. The summed E-state index contributed by atoms with van der Waals surface area (Å²) >= 11 is 0. The van der Waals surface area contributed by atoms with Crippen LogP contribution in [0.3, 0.4) is 0 Å². The first kappa shape index (κ1) is 17.5. The smallest absolute Gasteiger partial charge is 0.177 e. The van der Waals surface area contributed by atoms with Crippen molar-refractivity contribution in [2.75, 3.05) is 11.1 Å². The molecular formula is C22H28N6. The van der Waals surface area contributed by atoms with E-state index < -0.39 is 0 Å². The molecule has 0 saturated heterocycles. The van der Waals surface area contributed by atoms with Crippen molar-refractivity contribution in [1.82, 2.24) is 14.6 Å². The number of nitrogens with two attached hydrogens (primary N) is 2. The molecule has 0 aliphatic heterocycles. The van der Waals surface area contributed by atoms with Crippen LogP contribution in [0.15, 0.2) is 30.6 Å². The van der Waals surface area contributed by atoms with Crippen LogP contribution in [0.1, 0.15) is 61.1 Å². The molecule has 0 atom stereocenters. The van der Waals surface area contributed by atoms with Gasteiger partial charge in [0.1, 0.15) is 5.82 Å². The molecule has 1 saturated carbocycles. The molecule has 1 aromatic carbocycles. The Hall–Kier alpha value is -2.60. The second-order valence-corrected chi connectivity index (χ2v) is 8.26. The number of nitrogens with zero attached hydrogens (tertiary/aromatic N) is 3. The average molecular weight is 377 g/mol. The zero-order valence-electron chi connectivity index (χ0n) is 16.2. The van der Waals surface area contributed by atoms with Gasteiger partial charge in [0.05, 0.1) is 5.69 Å². The molecule has 6 nitrogen and oxygen atoms in total. The van der Waals surface area contributed by atoms with Gasteiger partial charge in [-0.15, -0.1) is 5.10 Å². The molecule has 2 heterocycles. The van der Waals surface area contributed by atoms with Gasteiger partial charge in [0.2, 0.25) is 0 Å². The summed E-state index contributed by atoms with van der Waals surface area (Å²) in [6.45, 7) is 0. The minimum atomic E-state index is 0.304. The Morgan fingerprint density at radius 3 is 2.75 bits per heavy atom. The fraction of sp³-hybridized carbons (Fsp3) is 0.455. The number of aromatic nitrogens is 3. The first-order valence-electron chi connectivity index (χ1n) is 10.5. The van der Waals surface area contributed by atoms with E-state index in [9.17, 15) is 0 Å². The van der Waals surface area contributed by atoms with E-state index in [0.29, 0.717) is 17.8 Å². The highest BCUT2D eigenvalue weighted by atomic mass is 15.3. The molecule has 28 heavy (non-hydrogen) atoms. The number of benzene rings is 1. The van der Waals surface area contributed by atoms with Gasteiger partial charge >= 0.3 is 0 Å².